The van der Waals surface area contributed by atoms with Crippen LogP contribution in [0.1, 0.15) is 111 Å². The molecule has 0 aliphatic carbocycles. The molecule has 7 rings (SSSR count). The fourth-order valence-corrected chi connectivity index (χ4v) is 13.7. The summed E-state index contributed by atoms with van der Waals surface area (Å²) in [5, 5.41) is 46.6. The van der Waals surface area contributed by atoms with E-state index in [0.29, 0.717) is 87.3 Å². The number of carbonyl (C=O) groups excluding carboxylic acids is 7. The molecule has 4 saturated heterocycles. The molecule has 0 saturated carbocycles. The normalized spacial score (nSPS) is 19.1. The molecule has 0 radical (unpaired) electrons. The van der Waals surface area contributed by atoms with Gasteiger partial charge in [0.1, 0.15) is 11.8 Å². The van der Waals surface area contributed by atoms with Crippen molar-refractivity contribution in [3.8, 4) is 11.8 Å². The van der Waals surface area contributed by atoms with Gasteiger partial charge >= 0.3 is 17.9 Å². The quantitative estimate of drug-likeness (QED) is 0.0366. The van der Waals surface area contributed by atoms with Gasteiger partial charge in [0, 0.05) is 128 Å². The van der Waals surface area contributed by atoms with E-state index in [0.717, 1.165) is 49.0 Å². The maximum Gasteiger partial charge on any atom is 0.317 e. The molecule has 524 valence electrons. The van der Waals surface area contributed by atoms with Gasteiger partial charge < -0.3 is 45.8 Å². The van der Waals surface area contributed by atoms with E-state index in [1.165, 1.54) is 34.5 Å². The Morgan fingerprint density at radius 3 is 2.00 bits per heavy atom. The number of carboxylic acid groups (broad SMARTS) is 3. The molecule has 7 amide bonds. The maximum atomic E-state index is 14.1. The summed E-state index contributed by atoms with van der Waals surface area (Å²) < 4.78 is 33.9. The number of thioether (sulfide) groups is 1. The van der Waals surface area contributed by atoms with Gasteiger partial charge in [-0.05, 0) is 107 Å². The third-order valence-corrected chi connectivity index (χ3v) is 19.2. The number of carboxylic acids is 3. The molecule has 5 heterocycles. The van der Waals surface area contributed by atoms with E-state index in [9.17, 15) is 77.3 Å². The van der Waals surface area contributed by atoms with Crippen molar-refractivity contribution in [1.29, 1.82) is 5.26 Å². The van der Waals surface area contributed by atoms with Crippen LogP contribution in [0.15, 0.2) is 54.7 Å². The maximum absolute atomic E-state index is 14.1. The first-order valence-electron chi connectivity index (χ1n) is 33.3. The number of alkyl halides is 2. The number of rotatable bonds is 34. The first-order valence-corrected chi connectivity index (χ1v) is 34.3. The Morgan fingerprint density at radius 1 is 0.740 bits per heavy atom. The van der Waals surface area contributed by atoms with Crippen molar-refractivity contribution in [3.63, 3.8) is 0 Å². The van der Waals surface area contributed by atoms with Crippen LogP contribution in [-0.4, -0.2) is 267 Å². The molecule has 4 aliphatic heterocycles. The van der Waals surface area contributed by atoms with Crippen molar-refractivity contribution >= 4 is 81.9 Å². The Balaban J connectivity index is 0.839. The molecule has 29 heteroatoms. The average molecular weight is 1360 g/mol. The van der Waals surface area contributed by atoms with E-state index in [2.05, 4.69) is 33.1 Å². The Morgan fingerprint density at radius 2 is 1.38 bits per heavy atom. The third kappa shape index (κ3) is 25.3. The Kier molecular flexibility index (Phi) is 30.0. The Bertz CT molecular complexity index is 3180. The number of pyridine rings is 1. The van der Waals surface area contributed by atoms with Gasteiger partial charge in [0.05, 0.1) is 68.3 Å². The van der Waals surface area contributed by atoms with Gasteiger partial charge in [-0.3, -0.25) is 77.4 Å². The van der Waals surface area contributed by atoms with Crippen LogP contribution >= 0.6 is 11.8 Å². The second-order valence-corrected chi connectivity index (χ2v) is 26.6. The molecule has 2 unspecified atom stereocenters. The van der Waals surface area contributed by atoms with Crippen LogP contribution in [0, 0.1) is 24.2 Å². The number of ether oxygens (including phenoxy) is 1. The number of nitrogens with one attached hydrogen (secondary N) is 3. The van der Waals surface area contributed by atoms with Crippen molar-refractivity contribution in [2.45, 2.75) is 126 Å². The first-order chi connectivity index (χ1) is 46.0. The molecule has 3 atom stereocenters. The number of nitriles is 1. The molecule has 0 bridgehead atoms. The zero-order chi connectivity index (χ0) is 69.2. The van der Waals surface area contributed by atoms with E-state index >= 15 is 0 Å². The number of unbranched alkanes of at least 4 members (excludes halogenated alkanes) is 2. The molecule has 96 heavy (non-hydrogen) atoms. The number of hydrogen-bond donors (Lipinski definition) is 6. The topological polar surface area (TPSA) is 336 Å². The van der Waals surface area contributed by atoms with Gasteiger partial charge in [-0.2, -0.15) is 5.26 Å². The second kappa shape index (κ2) is 38.1. The highest BCUT2D eigenvalue weighted by atomic mass is 32.2. The number of benzene rings is 2. The highest BCUT2D eigenvalue weighted by Crippen LogP contribution is 2.32. The lowest BCUT2D eigenvalue weighted by Crippen LogP contribution is -2.50. The van der Waals surface area contributed by atoms with Crippen LogP contribution in [0.25, 0.3) is 10.9 Å². The number of aromatic nitrogens is 1. The van der Waals surface area contributed by atoms with E-state index in [1.807, 2.05) is 28.9 Å². The summed E-state index contributed by atoms with van der Waals surface area (Å²) in [6, 6.07) is 14.8. The van der Waals surface area contributed by atoms with Gasteiger partial charge in [-0.1, -0.05) is 36.2 Å². The van der Waals surface area contributed by atoms with E-state index in [4.69, 9.17) is 4.74 Å². The minimum Gasteiger partial charge on any atom is -0.494 e. The van der Waals surface area contributed by atoms with Gasteiger partial charge in [-0.25, -0.2) is 8.78 Å². The van der Waals surface area contributed by atoms with E-state index < -0.39 is 72.5 Å². The molecule has 1 aromatic heterocycles. The third-order valence-electron chi connectivity index (χ3n) is 17.8. The number of piperidine rings is 1. The minimum atomic E-state index is -3.18. The van der Waals surface area contributed by atoms with Crippen LogP contribution in [0.3, 0.4) is 0 Å². The number of amides is 7. The summed E-state index contributed by atoms with van der Waals surface area (Å²) in [5.74, 6) is -7.72. The number of likely N-dealkylation sites (tertiary alicyclic amines) is 3. The molecule has 0 spiro atoms. The minimum absolute atomic E-state index is 0.0357. The molecule has 4 aliphatic rings. The molecule has 2 aromatic carbocycles. The summed E-state index contributed by atoms with van der Waals surface area (Å²) in [4.78, 5) is 144. The van der Waals surface area contributed by atoms with Gasteiger partial charge in [0.2, 0.25) is 35.4 Å². The lowest BCUT2D eigenvalue weighted by Gasteiger charge is -2.33. The number of nitrogens with zero attached hydrogens (tertiary/aromatic N) is 9. The van der Waals surface area contributed by atoms with E-state index in [1.54, 1.807) is 39.0 Å². The standard InChI is InChI=1S/C67H92F2N12O14S/c1-47-13-15-48(16-14-47)9-6-11-57(82)72-22-4-2-10-50(74-58(83)41-75-27-29-76(42-62(87)88)31-33-78(44-64(91)92)34-32-77(30-28-75)43-63(89)90)45-96-56-37-60(85)80(66(56)94)24-7-12-59(84)79-25-20-49(21-26-79)8-3-5-35-95-52-17-18-55-54(36-52)53(19-23-71-55)65(93)73-40-61(86)81-46-67(68,69)38-51(81)39-70/h13-19,23,36,49-51,56H,2-12,20-22,24-35,37-38,40-46H2,1H3,(H,72,82)(H,73,93)(H,74,83)(H,87,88)(H,89,90)(H,91,92)/t50?,51-,56?/m1/s1. The smallest absolute Gasteiger partial charge is 0.317 e. The number of aryl methyl sites for hydroxylation is 2. The monoisotopic (exact) mass is 1360 g/mol. The average Bonchev–Trinajstić information content (AvgIpc) is 1.22. The Hall–Kier alpha value is -7.91. The summed E-state index contributed by atoms with van der Waals surface area (Å²) in [7, 11) is 0. The van der Waals surface area contributed by atoms with Crippen LogP contribution in [-0.2, 0) is 49.6 Å². The molecule has 3 aromatic rings. The first kappa shape index (κ1) is 75.5. The van der Waals surface area contributed by atoms with E-state index in [-0.39, 0.29) is 139 Å². The van der Waals surface area contributed by atoms with Gasteiger partial charge in [-0.15, -0.1) is 11.8 Å². The number of halogens is 2. The molecule has 26 nitrogen and oxygen atoms in total. The van der Waals surface area contributed by atoms with Gasteiger partial charge in [0.15, 0.2) is 0 Å². The lowest BCUT2D eigenvalue weighted by molar-refractivity contribution is -0.140. The van der Waals surface area contributed by atoms with Crippen LogP contribution in [0.2, 0.25) is 0 Å². The van der Waals surface area contributed by atoms with Crippen LogP contribution in [0.4, 0.5) is 8.78 Å². The fraction of sp³-hybridized carbons (Fsp3) is 0.612. The van der Waals surface area contributed by atoms with Crippen molar-refractivity contribution in [2.75, 3.05) is 130 Å². The Labute approximate surface area is 562 Å². The zero-order valence-electron chi connectivity index (χ0n) is 54.8. The molecular weight excluding hydrogens is 1270 g/mol. The predicted molar refractivity (Wildman–Crippen MR) is 352 cm³/mol. The van der Waals surface area contributed by atoms with Crippen LogP contribution < -0.4 is 20.7 Å². The van der Waals surface area contributed by atoms with Crippen molar-refractivity contribution < 1.29 is 76.8 Å². The van der Waals surface area contributed by atoms with Crippen LogP contribution in [0.5, 0.6) is 5.75 Å². The lowest BCUT2D eigenvalue weighted by atomic mass is 9.91. The number of fused-ring (bicyclic) bond motifs is 1. The molecule has 6 N–H and O–H groups in total. The SMILES string of the molecule is Cc1ccc(CCCC(=O)NCCCCC(CSC2CC(=O)N(CCCC(=O)N3CCC(CCCCOc4ccc5nccc(C(=O)NCC(=O)N6CC(F)(F)C[C@@H]6C#N)c5c4)CC3)C2=O)NC(=O)CN2CCN(CC(=O)O)CCN(CC(=O)O)CCN(CC(=O)O)CC2)cc1. The number of aliphatic carboxylic acids is 3. The van der Waals surface area contributed by atoms with Crippen molar-refractivity contribution in [3.05, 3.63) is 71.4 Å². The van der Waals surface area contributed by atoms with Crippen molar-refractivity contribution in [1.82, 2.24) is 55.2 Å². The highest BCUT2D eigenvalue weighted by Gasteiger charge is 2.47. The zero-order valence-corrected chi connectivity index (χ0v) is 55.6. The number of imide groups is 1. The number of carbonyl (C=O) groups is 10. The predicted octanol–water partition coefficient (Wildman–Crippen LogP) is 3.73. The summed E-state index contributed by atoms with van der Waals surface area (Å²) in [6.45, 7) is 3.48. The summed E-state index contributed by atoms with van der Waals surface area (Å²) in [5.41, 5.74) is 3.05. The largest absolute Gasteiger partial charge is 0.494 e. The number of hydrogen-bond acceptors (Lipinski definition) is 18. The summed E-state index contributed by atoms with van der Waals surface area (Å²) >= 11 is 1.28. The fourth-order valence-electron chi connectivity index (χ4n) is 12.5. The molecule has 4 fully saturated rings. The van der Waals surface area contributed by atoms with Crippen molar-refractivity contribution in [2.24, 2.45) is 5.92 Å². The van der Waals surface area contributed by atoms with Gasteiger partial charge in [0.25, 0.3) is 11.8 Å². The highest BCUT2D eigenvalue weighted by molar-refractivity contribution is 8.00. The summed E-state index contributed by atoms with van der Waals surface area (Å²) in [6.07, 6.45) is 8.92. The second-order valence-electron chi connectivity index (χ2n) is 25.4. The molecular formula is C67H92F2N12O14S.